The van der Waals surface area contributed by atoms with Gasteiger partial charge < -0.3 is 5.43 Å². The quantitative estimate of drug-likeness (QED) is 0.430. The van der Waals surface area contributed by atoms with Gasteiger partial charge in [0.05, 0.1) is 16.7 Å². The van der Waals surface area contributed by atoms with E-state index in [2.05, 4.69) is 5.43 Å². The highest BCUT2D eigenvalue weighted by Gasteiger charge is 2.26. The van der Waals surface area contributed by atoms with Gasteiger partial charge in [0, 0.05) is 31.6 Å². The zero-order valence-corrected chi connectivity index (χ0v) is 12.1. The number of nitro benzene ring substituents is 1. The van der Waals surface area contributed by atoms with Crippen LogP contribution in [0.1, 0.15) is 13.3 Å². The van der Waals surface area contributed by atoms with E-state index in [0.717, 1.165) is 22.5 Å². The van der Waals surface area contributed by atoms with E-state index in [9.17, 15) is 18.5 Å². The normalized spacial score (nSPS) is 11.1. The summed E-state index contributed by atoms with van der Waals surface area (Å²) in [5, 5.41) is 19.3. The van der Waals surface area contributed by atoms with Gasteiger partial charge in [0.15, 0.2) is 0 Å². The Kier molecular flexibility index (Phi) is 5.60. The third-order valence-electron chi connectivity index (χ3n) is 2.77. The molecule has 21 heavy (non-hydrogen) atoms. The highest BCUT2D eigenvalue weighted by molar-refractivity contribution is 7.89. The molecule has 0 radical (unpaired) electrons. The monoisotopic (exact) mass is 313 g/mol. The lowest BCUT2D eigenvalue weighted by Crippen LogP contribution is -2.32. The fourth-order valence-electron chi connectivity index (χ4n) is 1.73. The Morgan fingerprint density at radius 2 is 2.19 bits per heavy atom. The number of nitriles is 1. The lowest BCUT2D eigenvalue weighted by Gasteiger charge is -2.20. The van der Waals surface area contributed by atoms with Crippen molar-refractivity contribution in [1.82, 2.24) is 4.31 Å². The smallest absolute Gasteiger partial charge is 0.271 e. The summed E-state index contributed by atoms with van der Waals surface area (Å²) in [5.41, 5.74) is 1.81. The zero-order valence-electron chi connectivity index (χ0n) is 11.3. The SMILES string of the molecule is CCN(CCC#N)S(=O)(=O)c1ccc([N+](=O)[O-])cc1NN. The molecule has 0 spiro atoms. The van der Waals surface area contributed by atoms with Crippen LogP contribution in [0.4, 0.5) is 11.4 Å². The largest absolute Gasteiger partial charge is 0.323 e. The second-order valence-corrected chi connectivity index (χ2v) is 5.89. The Balaban J connectivity index is 3.30. The Labute approximate surface area is 122 Å². The Morgan fingerprint density at radius 1 is 1.52 bits per heavy atom. The van der Waals surface area contributed by atoms with Crippen LogP contribution in [0.5, 0.6) is 0 Å². The molecule has 1 aromatic rings. The first-order valence-corrected chi connectivity index (χ1v) is 7.44. The molecule has 10 heteroatoms. The molecule has 0 saturated carbocycles. The van der Waals surface area contributed by atoms with Gasteiger partial charge in [-0.2, -0.15) is 9.57 Å². The molecule has 0 atom stereocenters. The molecule has 114 valence electrons. The number of nitrogens with two attached hydrogens (primary N) is 1. The highest BCUT2D eigenvalue weighted by Crippen LogP contribution is 2.28. The minimum Gasteiger partial charge on any atom is -0.323 e. The van der Waals surface area contributed by atoms with Crippen molar-refractivity contribution in [1.29, 1.82) is 5.26 Å². The number of nitrogens with one attached hydrogen (secondary N) is 1. The van der Waals surface area contributed by atoms with E-state index >= 15 is 0 Å². The summed E-state index contributed by atoms with van der Waals surface area (Å²) < 4.78 is 26.1. The van der Waals surface area contributed by atoms with E-state index in [1.54, 1.807) is 6.92 Å². The van der Waals surface area contributed by atoms with Crippen molar-refractivity contribution in [2.75, 3.05) is 18.5 Å². The third-order valence-corrected chi connectivity index (χ3v) is 4.81. The van der Waals surface area contributed by atoms with Crippen LogP contribution < -0.4 is 11.3 Å². The van der Waals surface area contributed by atoms with Crippen molar-refractivity contribution in [2.45, 2.75) is 18.2 Å². The molecule has 0 heterocycles. The van der Waals surface area contributed by atoms with Gasteiger partial charge >= 0.3 is 0 Å². The number of anilines is 1. The van der Waals surface area contributed by atoms with Gasteiger partial charge in [-0.1, -0.05) is 6.92 Å². The van der Waals surface area contributed by atoms with Crippen LogP contribution in [0.3, 0.4) is 0 Å². The van der Waals surface area contributed by atoms with Crippen LogP contribution >= 0.6 is 0 Å². The molecule has 0 bridgehead atoms. The number of nitro groups is 1. The fraction of sp³-hybridized carbons (Fsp3) is 0.364. The lowest BCUT2D eigenvalue weighted by molar-refractivity contribution is -0.384. The highest BCUT2D eigenvalue weighted by atomic mass is 32.2. The second kappa shape index (κ2) is 6.98. The topological polar surface area (TPSA) is 142 Å². The van der Waals surface area contributed by atoms with E-state index in [4.69, 9.17) is 11.1 Å². The van der Waals surface area contributed by atoms with E-state index in [0.29, 0.717) is 0 Å². The average Bonchev–Trinajstić information content (AvgIpc) is 2.46. The van der Waals surface area contributed by atoms with E-state index in [1.165, 1.54) is 0 Å². The van der Waals surface area contributed by atoms with Crippen LogP contribution in [0.15, 0.2) is 23.1 Å². The van der Waals surface area contributed by atoms with Gasteiger partial charge in [0.1, 0.15) is 4.90 Å². The van der Waals surface area contributed by atoms with Crippen molar-refractivity contribution in [2.24, 2.45) is 5.84 Å². The molecule has 0 aliphatic heterocycles. The first-order valence-electron chi connectivity index (χ1n) is 6.00. The van der Waals surface area contributed by atoms with Crippen molar-refractivity contribution in [3.8, 4) is 6.07 Å². The second-order valence-electron chi connectivity index (χ2n) is 3.99. The summed E-state index contributed by atoms with van der Waals surface area (Å²) in [6.45, 7) is 1.84. The fourth-order valence-corrected chi connectivity index (χ4v) is 3.32. The summed E-state index contributed by atoms with van der Waals surface area (Å²) >= 11 is 0. The van der Waals surface area contributed by atoms with E-state index in [-0.39, 0.29) is 35.8 Å². The van der Waals surface area contributed by atoms with Crippen molar-refractivity contribution >= 4 is 21.4 Å². The number of benzene rings is 1. The van der Waals surface area contributed by atoms with E-state index < -0.39 is 14.9 Å². The van der Waals surface area contributed by atoms with Crippen molar-refractivity contribution < 1.29 is 13.3 Å². The molecule has 0 aliphatic carbocycles. The Morgan fingerprint density at radius 3 is 2.67 bits per heavy atom. The maximum absolute atomic E-state index is 12.5. The minimum absolute atomic E-state index is 0.0380. The summed E-state index contributed by atoms with van der Waals surface area (Å²) in [6, 6.07) is 5.13. The summed E-state index contributed by atoms with van der Waals surface area (Å²) in [4.78, 5) is 9.88. The third kappa shape index (κ3) is 3.66. The minimum atomic E-state index is -3.89. The molecule has 1 aromatic carbocycles. The van der Waals surface area contributed by atoms with Crippen LogP contribution in [0, 0.1) is 21.4 Å². The van der Waals surface area contributed by atoms with Crippen LogP contribution in [0.2, 0.25) is 0 Å². The van der Waals surface area contributed by atoms with Crippen molar-refractivity contribution in [3.63, 3.8) is 0 Å². The molecule has 0 aliphatic rings. The predicted octanol–water partition coefficient (Wildman–Crippen LogP) is 0.805. The summed E-state index contributed by atoms with van der Waals surface area (Å²) in [5.74, 6) is 5.25. The Bertz CT molecular complexity index is 668. The van der Waals surface area contributed by atoms with Gasteiger partial charge in [0.2, 0.25) is 10.0 Å². The molecule has 0 aromatic heterocycles. The van der Waals surface area contributed by atoms with Gasteiger partial charge in [-0.25, -0.2) is 8.42 Å². The number of hydrogen-bond acceptors (Lipinski definition) is 7. The van der Waals surface area contributed by atoms with Crippen LogP contribution in [-0.2, 0) is 10.0 Å². The number of hydrogen-bond donors (Lipinski definition) is 2. The number of nitrogen functional groups attached to an aromatic ring is 1. The maximum atomic E-state index is 12.5. The molecule has 0 unspecified atom stereocenters. The maximum Gasteiger partial charge on any atom is 0.271 e. The first kappa shape index (κ1) is 16.8. The number of nitrogens with zero attached hydrogens (tertiary/aromatic N) is 3. The molecule has 0 amide bonds. The lowest BCUT2D eigenvalue weighted by atomic mass is 10.3. The molecular formula is C11H15N5O4S. The number of rotatable bonds is 7. The Hall–Kier alpha value is -2.22. The molecule has 0 fully saturated rings. The summed E-state index contributed by atoms with van der Waals surface area (Å²) in [7, 11) is -3.89. The average molecular weight is 313 g/mol. The molecular weight excluding hydrogens is 298 g/mol. The number of hydrazine groups is 1. The molecule has 9 nitrogen and oxygen atoms in total. The van der Waals surface area contributed by atoms with Crippen LogP contribution in [0.25, 0.3) is 0 Å². The zero-order chi connectivity index (χ0) is 16.0. The first-order chi connectivity index (χ1) is 9.88. The number of sulfonamides is 1. The van der Waals surface area contributed by atoms with Gasteiger partial charge in [-0.3, -0.25) is 16.0 Å². The van der Waals surface area contributed by atoms with Gasteiger partial charge in [-0.05, 0) is 6.07 Å². The standard InChI is InChI=1S/C11H15N5O4S/c1-2-15(7-3-6-12)21(19,20)11-5-4-9(16(17)18)8-10(11)14-13/h4-5,8,14H,2-3,7,13H2,1H3. The van der Waals surface area contributed by atoms with Crippen LogP contribution in [-0.4, -0.2) is 30.7 Å². The van der Waals surface area contributed by atoms with E-state index in [1.807, 2.05) is 6.07 Å². The summed E-state index contributed by atoms with van der Waals surface area (Å²) in [6.07, 6.45) is 0.0471. The molecule has 0 saturated heterocycles. The van der Waals surface area contributed by atoms with Crippen molar-refractivity contribution in [3.05, 3.63) is 28.3 Å². The molecule has 3 N–H and O–H groups in total. The predicted molar refractivity (Wildman–Crippen MR) is 75.6 cm³/mol. The van der Waals surface area contributed by atoms with Gasteiger partial charge in [0.25, 0.3) is 5.69 Å². The molecule has 1 rings (SSSR count). The number of non-ortho nitro benzene ring substituents is 1. The van der Waals surface area contributed by atoms with Gasteiger partial charge in [-0.15, -0.1) is 0 Å².